The number of rotatable bonds is 6. The smallest absolute Gasteiger partial charge is 0.412 e. The van der Waals surface area contributed by atoms with Gasteiger partial charge in [0.25, 0.3) is 0 Å². The number of aromatic nitrogens is 3. The molecule has 27 heavy (non-hydrogen) atoms. The number of amides is 1. The fourth-order valence-corrected chi connectivity index (χ4v) is 3.28. The summed E-state index contributed by atoms with van der Waals surface area (Å²) in [5.41, 5.74) is 8.11. The molecule has 0 bridgehead atoms. The molecule has 0 atom stereocenters. The van der Waals surface area contributed by atoms with Crippen LogP contribution in [-0.4, -0.2) is 34.5 Å². The third-order valence-corrected chi connectivity index (χ3v) is 4.73. The summed E-state index contributed by atoms with van der Waals surface area (Å²) in [6, 6.07) is 9.36. The number of anilines is 2. The van der Waals surface area contributed by atoms with Crippen molar-refractivity contribution in [2.45, 2.75) is 17.8 Å². The fraction of sp³-hybridized carbons (Fsp3) is 0.235. The second-order valence-corrected chi connectivity index (χ2v) is 6.45. The summed E-state index contributed by atoms with van der Waals surface area (Å²) in [5, 5.41) is 3.10. The minimum absolute atomic E-state index is 0.176. The number of hydrogen-bond acceptors (Lipinski definition) is 8. The van der Waals surface area contributed by atoms with Crippen molar-refractivity contribution >= 4 is 40.5 Å². The zero-order valence-corrected chi connectivity index (χ0v) is 15.7. The second kappa shape index (κ2) is 8.04. The Morgan fingerprint density at radius 2 is 2.04 bits per heavy atom. The van der Waals surface area contributed by atoms with Gasteiger partial charge in [-0.1, -0.05) is 23.9 Å². The molecule has 1 aromatic carbocycles. The highest BCUT2D eigenvalue weighted by molar-refractivity contribution is 7.98. The number of nitrogens with zero attached hydrogens (tertiary/aromatic N) is 3. The molecule has 9 nitrogen and oxygen atoms in total. The Morgan fingerprint density at radius 3 is 2.70 bits per heavy atom. The lowest BCUT2D eigenvalue weighted by molar-refractivity contribution is 0.168. The first kappa shape index (κ1) is 18.6. The van der Waals surface area contributed by atoms with Crippen LogP contribution < -0.4 is 21.6 Å². The van der Waals surface area contributed by atoms with E-state index in [4.69, 9.17) is 21.1 Å². The highest BCUT2D eigenvalue weighted by atomic mass is 32.2. The standard InChI is InChI=1S/C17H20N6O3S/c1-3-26-17(24)21-13-8-12-14(15(18)20-13)22-16(23(12)19)27-9-10-4-6-11(25-2)7-5-10/h4-8H,3,9,19H2,1-2H3,(H3,18,20,21,24). The topological polar surface area (TPSA) is 130 Å². The molecule has 10 heteroatoms. The minimum atomic E-state index is -0.610. The first-order valence-corrected chi connectivity index (χ1v) is 9.14. The lowest BCUT2D eigenvalue weighted by atomic mass is 10.2. The number of imidazole rings is 1. The Bertz CT molecular complexity index is 957. The van der Waals surface area contributed by atoms with Crippen LogP contribution in [0.1, 0.15) is 12.5 Å². The molecule has 0 saturated carbocycles. The van der Waals surface area contributed by atoms with Gasteiger partial charge in [-0.15, -0.1) is 0 Å². The van der Waals surface area contributed by atoms with Gasteiger partial charge in [0.05, 0.1) is 19.2 Å². The van der Waals surface area contributed by atoms with E-state index in [1.165, 1.54) is 16.4 Å². The van der Waals surface area contributed by atoms with Crippen LogP contribution in [0.4, 0.5) is 16.4 Å². The van der Waals surface area contributed by atoms with Crippen LogP contribution in [0.25, 0.3) is 11.0 Å². The number of pyridine rings is 1. The fourth-order valence-electron chi connectivity index (χ4n) is 2.40. The number of carbonyl (C=O) groups excluding carboxylic acids is 1. The molecule has 0 unspecified atom stereocenters. The van der Waals surface area contributed by atoms with Gasteiger partial charge in [0.2, 0.25) is 0 Å². The largest absolute Gasteiger partial charge is 0.497 e. The van der Waals surface area contributed by atoms with Crippen LogP contribution in [0.3, 0.4) is 0 Å². The summed E-state index contributed by atoms with van der Waals surface area (Å²) in [4.78, 5) is 20.2. The average Bonchev–Trinajstić information content (AvgIpc) is 2.97. The van der Waals surface area contributed by atoms with Gasteiger partial charge in [-0.3, -0.25) is 5.32 Å². The molecule has 0 fully saturated rings. The number of benzene rings is 1. The molecule has 142 valence electrons. The Labute approximate surface area is 160 Å². The number of thioether (sulfide) groups is 1. The summed E-state index contributed by atoms with van der Waals surface area (Å²) in [6.07, 6.45) is -0.610. The van der Waals surface area contributed by atoms with Crippen molar-refractivity contribution in [3.63, 3.8) is 0 Å². The van der Waals surface area contributed by atoms with E-state index in [1.807, 2.05) is 24.3 Å². The van der Waals surface area contributed by atoms with Crippen molar-refractivity contribution in [3.05, 3.63) is 35.9 Å². The van der Waals surface area contributed by atoms with Crippen LogP contribution in [-0.2, 0) is 10.5 Å². The number of carbonyl (C=O) groups is 1. The Morgan fingerprint density at radius 1 is 1.30 bits per heavy atom. The molecule has 0 radical (unpaired) electrons. The molecule has 2 aromatic heterocycles. The van der Waals surface area contributed by atoms with Crippen molar-refractivity contribution < 1.29 is 14.3 Å². The summed E-state index contributed by atoms with van der Waals surface area (Å²) >= 11 is 1.47. The van der Waals surface area contributed by atoms with E-state index in [-0.39, 0.29) is 18.2 Å². The second-order valence-electron chi connectivity index (χ2n) is 5.51. The molecule has 0 saturated heterocycles. The molecule has 1 amide bonds. The normalized spacial score (nSPS) is 10.7. The number of nitrogens with two attached hydrogens (primary N) is 2. The maximum Gasteiger partial charge on any atom is 0.412 e. The summed E-state index contributed by atoms with van der Waals surface area (Å²) in [5.74, 6) is 8.06. The molecule has 0 aliphatic heterocycles. The van der Waals surface area contributed by atoms with Crippen molar-refractivity contribution in [1.82, 2.24) is 14.6 Å². The van der Waals surface area contributed by atoms with E-state index in [2.05, 4.69) is 15.3 Å². The van der Waals surface area contributed by atoms with Gasteiger partial charge >= 0.3 is 6.09 Å². The third kappa shape index (κ3) is 4.17. The summed E-state index contributed by atoms with van der Waals surface area (Å²) in [7, 11) is 1.63. The predicted octanol–water partition coefficient (Wildman–Crippen LogP) is 2.60. The monoisotopic (exact) mass is 388 g/mol. The van der Waals surface area contributed by atoms with Gasteiger partial charge in [-0.05, 0) is 24.6 Å². The summed E-state index contributed by atoms with van der Waals surface area (Å²) in [6.45, 7) is 1.97. The van der Waals surface area contributed by atoms with Gasteiger partial charge in [0, 0.05) is 11.8 Å². The van der Waals surface area contributed by atoms with E-state index in [1.54, 1.807) is 20.1 Å². The maximum atomic E-state index is 11.6. The highest BCUT2D eigenvalue weighted by Crippen LogP contribution is 2.29. The van der Waals surface area contributed by atoms with Crippen LogP contribution in [0, 0.1) is 0 Å². The number of nitrogen functional groups attached to an aromatic ring is 2. The van der Waals surface area contributed by atoms with Crippen molar-refractivity contribution in [2.24, 2.45) is 0 Å². The number of ether oxygens (including phenoxy) is 2. The molecular weight excluding hydrogens is 368 g/mol. The average molecular weight is 388 g/mol. The highest BCUT2D eigenvalue weighted by Gasteiger charge is 2.15. The molecule has 3 aromatic rings. The first-order chi connectivity index (χ1) is 13.0. The van der Waals surface area contributed by atoms with E-state index in [9.17, 15) is 4.79 Å². The molecule has 0 aliphatic carbocycles. The maximum absolute atomic E-state index is 11.6. The number of fused-ring (bicyclic) bond motifs is 1. The third-order valence-electron chi connectivity index (χ3n) is 3.71. The van der Waals surface area contributed by atoms with E-state index in [0.717, 1.165) is 11.3 Å². The van der Waals surface area contributed by atoms with E-state index in [0.29, 0.717) is 21.9 Å². The molecule has 3 rings (SSSR count). The lowest BCUT2D eigenvalue weighted by Crippen LogP contribution is -2.15. The van der Waals surface area contributed by atoms with E-state index >= 15 is 0 Å². The van der Waals surface area contributed by atoms with Crippen LogP contribution in [0.15, 0.2) is 35.5 Å². The zero-order valence-electron chi connectivity index (χ0n) is 14.9. The Hall–Kier alpha value is -3.14. The van der Waals surface area contributed by atoms with Crippen LogP contribution in [0.2, 0.25) is 0 Å². The molecule has 2 heterocycles. The Balaban J connectivity index is 1.81. The van der Waals surface area contributed by atoms with Gasteiger partial charge < -0.3 is 21.1 Å². The van der Waals surface area contributed by atoms with Gasteiger partial charge in [0.1, 0.15) is 17.1 Å². The van der Waals surface area contributed by atoms with Gasteiger partial charge in [0.15, 0.2) is 11.0 Å². The Kier molecular flexibility index (Phi) is 5.55. The molecule has 0 aliphatic rings. The molecular formula is C17H20N6O3S. The van der Waals surface area contributed by atoms with Crippen molar-refractivity contribution in [1.29, 1.82) is 0 Å². The minimum Gasteiger partial charge on any atom is -0.497 e. The molecule has 0 spiro atoms. The van der Waals surface area contributed by atoms with E-state index < -0.39 is 6.09 Å². The summed E-state index contributed by atoms with van der Waals surface area (Å²) < 4.78 is 11.4. The SMILES string of the molecule is CCOC(=O)Nc1cc2c(nc(SCc3ccc(OC)cc3)n2N)c(N)n1. The van der Waals surface area contributed by atoms with Gasteiger partial charge in [-0.25, -0.2) is 19.4 Å². The zero-order chi connectivity index (χ0) is 19.4. The van der Waals surface area contributed by atoms with Crippen molar-refractivity contribution in [3.8, 4) is 5.75 Å². The predicted molar refractivity (Wildman–Crippen MR) is 105 cm³/mol. The van der Waals surface area contributed by atoms with Crippen LogP contribution >= 0.6 is 11.8 Å². The molecule has 5 N–H and O–H groups in total. The number of nitrogens with one attached hydrogen (secondary N) is 1. The van der Waals surface area contributed by atoms with Gasteiger partial charge in [-0.2, -0.15) is 0 Å². The quantitative estimate of drug-likeness (QED) is 0.434. The number of hydrogen-bond donors (Lipinski definition) is 3. The van der Waals surface area contributed by atoms with Crippen LogP contribution in [0.5, 0.6) is 5.75 Å². The first-order valence-electron chi connectivity index (χ1n) is 8.15. The number of methoxy groups -OCH3 is 1. The van der Waals surface area contributed by atoms with Crippen molar-refractivity contribution in [2.75, 3.05) is 30.6 Å². The lowest BCUT2D eigenvalue weighted by Gasteiger charge is -2.06.